The number of hydrogen-bond acceptors (Lipinski definition) is 5. The summed E-state index contributed by atoms with van der Waals surface area (Å²) in [4.78, 5) is 19.6. The van der Waals surface area contributed by atoms with Crippen LogP contribution in [-0.4, -0.2) is 42.1 Å². The van der Waals surface area contributed by atoms with Crippen LogP contribution in [0.25, 0.3) is 0 Å². The first-order chi connectivity index (χ1) is 8.51. The molecule has 5 heteroatoms. The van der Waals surface area contributed by atoms with Gasteiger partial charge in [-0.15, -0.1) is 11.3 Å². The van der Waals surface area contributed by atoms with Crippen molar-refractivity contribution in [3.8, 4) is 0 Å². The smallest absolute Gasteiger partial charge is 0.312 e. The maximum absolute atomic E-state index is 11.3. The van der Waals surface area contributed by atoms with E-state index in [2.05, 4.69) is 35.5 Å². The topological polar surface area (TPSA) is 42.4 Å². The molecule has 0 saturated carbocycles. The van der Waals surface area contributed by atoms with Gasteiger partial charge in [-0.2, -0.15) is 0 Å². The van der Waals surface area contributed by atoms with E-state index in [0.717, 1.165) is 17.8 Å². The Kier molecular flexibility index (Phi) is 4.02. The summed E-state index contributed by atoms with van der Waals surface area (Å²) in [6, 6.07) is 1.02. The van der Waals surface area contributed by atoms with Crippen molar-refractivity contribution in [2.24, 2.45) is 0 Å². The lowest BCUT2D eigenvalue weighted by Crippen LogP contribution is -2.37. The Morgan fingerprint density at radius 1 is 1.44 bits per heavy atom. The van der Waals surface area contributed by atoms with E-state index in [1.54, 1.807) is 11.3 Å². The lowest BCUT2D eigenvalue weighted by Gasteiger charge is -2.27. The van der Waals surface area contributed by atoms with Gasteiger partial charge in [0.15, 0.2) is 0 Å². The van der Waals surface area contributed by atoms with E-state index in [-0.39, 0.29) is 5.97 Å². The molecule has 0 aliphatic carbocycles. The van der Waals surface area contributed by atoms with Gasteiger partial charge in [-0.1, -0.05) is 0 Å². The number of esters is 1. The molecule has 1 aromatic heterocycles. The molecule has 0 aromatic carbocycles. The molecule has 1 aliphatic rings. The normalized spacial score (nSPS) is 24.4. The third-order valence-corrected chi connectivity index (χ3v) is 4.83. The first-order valence-electron chi connectivity index (χ1n) is 6.27. The van der Waals surface area contributed by atoms with E-state index in [0.29, 0.717) is 18.5 Å². The molecule has 1 aromatic rings. The SMILES string of the molecule is COC(=O)Cc1nc2c(s1)CC(C)N(C)C(C)C2. The van der Waals surface area contributed by atoms with Gasteiger partial charge in [-0.25, -0.2) is 4.98 Å². The van der Waals surface area contributed by atoms with Gasteiger partial charge in [0, 0.05) is 23.4 Å². The fraction of sp³-hybridized carbons (Fsp3) is 0.692. The Balaban J connectivity index is 2.20. The lowest BCUT2D eigenvalue weighted by molar-refractivity contribution is -0.139. The van der Waals surface area contributed by atoms with Gasteiger partial charge in [-0.05, 0) is 27.3 Å². The molecule has 0 N–H and O–H groups in total. The summed E-state index contributed by atoms with van der Waals surface area (Å²) in [5.41, 5.74) is 1.17. The van der Waals surface area contributed by atoms with Crippen molar-refractivity contribution < 1.29 is 9.53 Å². The first-order valence-corrected chi connectivity index (χ1v) is 7.09. The summed E-state index contributed by atoms with van der Waals surface area (Å²) < 4.78 is 4.69. The average Bonchev–Trinajstić information content (AvgIpc) is 2.65. The number of fused-ring (bicyclic) bond motifs is 1. The van der Waals surface area contributed by atoms with Gasteiger partial charge in [0.2, 0.25) is 0 Å². The van der Waals surface area contributed by atoms with Crippen LogP contribution in [0.5, 0.6) is 0 Å². The van der Waals surface area contributed by atoms with Crippen LogP contribution in [0.1, 0.15) is 29.4 Å². The first kappa shape index (κ1) is 13.5. The van der Waals surface area contributed by atoms with E-state index in [9.17, 15) is 4.79 Å². The Bertz CT molecular complexity index is 415. The van der Waals surface area contributed by atoms with E-state index < -0.39 is 0 Å². The second-order valence-electron chi connectivity index (χ2n) is 5.00. The van der Waals surface area contributed by atoms with Crippen LogP contribution in [0.15, 0.2) is 0 Å². The molecule has 0 amide bonds. The second-order valence-corrected chi connectivity index (χ2v) is 6.17. The Morgan fingerprint density at radius 2 is 2.11 bits per heavy atom. The monoisotopic (exact) mass is 268 g/mol. The fourth-order valence-corrected chi connectivity index (χ4v) is 3.50. The summed E-state index contributed by atoms with van der Waals surface area (Å²) in [6.45, 7) is 4.47. The van der Waals surface area contributed by atoms with Crippen LogP contribution in [0.2, 0.25) is 0 Å². The van der Waals surface area contributed by atoms with Crippen molar-refractivity contribution in [2.45, 2.75) is 45.2 Å². The minimum absolute atomic E-state index is 0.211. The van der Waals surface area contributed by atoms with Crippen molar-refractivity contribution in [3.05, 3.63) is 15.6 Å². The largest absolute Gasteiger partial charge is 0.469 e. The van der Waals surface area contributed by atoms with Gasteiger partial charge in [0.05, 0.1) is 19.2 Å². The second kappa shape index (κ2) is 5.36. The molecule has 0 saturated heterocycles. The van der Waals surface area contributed by atoms with E-state index >= 15 is 0 Å². The number of nitrogens with zero attached hydrogens (tertiary/aromatic N) is 2. The summed E-state index contributed by atoms with van der Waals surface area (Å²) in [6.07, 6.45) is 2.29. The molecule has 0 fully saturated rings. The molecule has 2 rings (SSSR count). The predicted molar refractivity (Wildman–Crippen MR) is 71.9 cm³/mol. The maximum Gasteiger partial charge on any atom is 0.312 e. The fourth-order valence-electron chi connectivity index (χ4n) is 2.30. The zero-order valence-corrected chi connectivity index (χ0v) is 12.2. The molecule has 0 spiro atoms. The van der Waals surface area contributed by atoms with Gasteiger partial charge in [-0.3, -0.25) is 4.79 Å². The number of carbonyl (C=O) groups is 1. The molecular formula is C13H20N2O2S. The highest BCUT2D eigenvalue weighted by Crippen LogP contribution is 2.27. The van der Waals surface area contributed by atoms with Crippen molar-refractivity contribution in [3.63, 3.8) is 0 Å². The highest BCUT2D eigenvalue weighted by Gasteiger charge is 2.26. The minimum Gasteiger partial charge on any atom is -0.469 e. The number of aromatic nitrogens is 1. The van der Waals surface area contributed by atoms with Crippen LogP contribution in [0, 0.1) is 0 Å². The van der Waals surface area contributed by atoms with Gasteiger partial charge < -0.3 is 9.64 Å². The zero-order valence-electron chi connectivity index (χ0n) is 11.4. The lowest BCUT2D eigenvalue weighted by atomic mass is 10.2. The Morgan fingerprint density at radius 3 is 2.78 bits per heavy atom. The Hall–Kier alpha value is -0.940. The molecule has 1 aliphatic heterocycles. The molecular weight excluding hydrogens is 248 g/mol. The number of hydrogen-bond donors (Lipinski definition) is 0. The molecule has 2 unspecified atom stereocenters. The number of thiazole rings is 1. The highest BCUT2D eigenvalue weighted by molar-refractivity contribution is 7.11. The number of carbonyl (C=O) groups excluding carboxylic acids is 1. The van der Waals surface area contributed by atoms with Crippen molar-refractivity contribution in [2.75, 3.05) is 14.2 Å². The molecule has 0 radical (unpaired) electrons. The highest BCUT2D eigenvalue weighted by atomic mass is 32.1. The number of methoxy groups -OCH3 is 1. The summed E-state index contributed by atoms with van der Waals surface area (Å²) in [7, 11) is 3.58. The van der Waals surface area contributed by atoms with Crippen LogP contribution in [0.4, 0.5) is 0 Å². The third kappa shape index (κ3) is 2.72. The molecule has 4 nitrogen and oxygen atoms in total. The van der Waals surface area contributed by atoms with E-state index in [1.807, 2.05) is 0 Å². The molecule has 0 bridgehead atoms. The van der Waals surface area contributed by atoms with Gasteiger partial charge in [0.1, 0.15) is 5.01 Å². The van der Waals surface area contributed by atoms with Crippen molar-refractivity contribution in [1.82, 2.24) is 9.88 Å². The van der Waals surface area contributed by atoms with E-state index in [4.69, 9.17) is 0 Å². The summed E-state index contributed by atoms with van der Waals surface area (Å²) >= 11 is 1.66. The minimum atomic E-state index is -0.211. The molecule has 18 heavy (non-hydrogen) atoms. The number of rotatable bonds is 2. The quantitative estimate of drug-likeness (QED) is 0.765. The van der Waals surface area contributed by atoms with E-state index in [1.165, 1.54) is 17.7 Å². The maximum atomic E-state index is 11.3. The predicted octanol–water partition coefficient (Wildman–Crippen LogP) is 1.67. The van der Waals surface area contributed by atoms with Crippen LogP contribution in [0.3, 0.4) is 0 Å². The van der Waals surface area contributed by atoms with Crippen molar-refractivity contribution in [1.29, 1.82) is 0 Å². The average molecular weight is 268 g/mol. The van der Waals surface area contributed by atoms with Crippen LogP contribution < -0.4 is 0 Å². The van der Waals surface area contributed by atoms with Gasteiger partial charge in [0.25, 0.3) is 0 Å². The third-order valence-electron chi connectivity index (χ3n) is 3.71. The zero-order chi connectivity index (χ0) is 13.3. The number of ether oxygens (including phenoxy) is 1. The molecule has 2 atom stereocenters. The van der Waals surface area contributed by atoms with Crippen molar-refractivity contribution >= 4 is 17.3 Å². The number of likely N-dealkylation sites (N-methyl/N-ethyl adjacent to an activating group) is 1. The van der Waals surface area contributed by atoms with Gasteiger partial charge >= 0.3 is 5.97 Å². The Labute approximate surface area is 112 Å². The molecule has 2 heterocycles. The summed E-state index contributed by atoms with van der Waals surface area (Å²) in [5, 5.41) is 0.885. The van der Waals surface area contributed by atoms with Crippen LogP contribution >= 0.6 is 11.3 Å². The standard InChI is InChI=1S/C13H20N2O2S/c1-8-5-10-11(6-9(2)15(8)3)18-12(14-10)7-13(16)17-4/h8-9H,5-7H2,1-4H3. The molecule has 100 valence electrons. The summed E-state index contributed by atoms with van der Waals surface area (Å²) in [5.74, 6) is -0.211. The van der Waals surface area contributed by atoms with Crippen LogP contribution in [-0.2, 0) is 28.8 Å².